The zero-order chi connectivity index (χ0) is 18.9. The van der Waals surface area contributed by atoms with Gasteiger partial charge < -0.3 is 10.1 Å². The SMILES string of the molecule is Brc1cccc2c1NC(c1ccc(OCc3ccccc3)cc1)C1CC=CC21. The van der Waals surface area contributed by atoms with Crippen LogP contribution in [0.4, 0.5) is 5.69 Å². The number of hydrogen-bond donors (Lipinski definition) is 1. The van der Waals surface area contributed by atoms with Crippen LogP contribution < -0.4 is 10.1 Å². The number of nitrogens with one attached hydrogen (secondary N) is 1. The molecule has 5 rings (SSSR count). The summed E-state index contributed by atoms with van der Waals surface area (Å²) in [4.78, 5) is 0. The maximum absolute atomic E-state index is 5.96. The molecule has 1 N–H and O–H groups in total. The summed E-state index contributed by atoms with van der Waals surface area (Å²) in [5.41, 5.74) is 5.12. The van der Waals surface area contributed by atoms with Crippen molar-refractivity contribution in [2.75, 3.05) is 5.32 Å². The number of fused-ring (bicyclic) bond motifs is 3. The lowest BCUT2D eigenvalue weighted by molar-refractivity contribution is 0.306. The molecule has 1 aliphatic heterocycles. The molecule has 2 nitrogen and oxygen atoms in total. The first-order chi connectivity index (χ1) is 13.8. The Hall–Kier alpha value is -2.52. The Morgan fingerprint density at radius 1 is 0.929 bits per heavy atom. The average Bonchev–Trinajstić information content (AvgIpc) is 3.24. The van der Waals surface area contributed by atoms with Gasteiger partial charge in [0, 0.05) is 10.4 Å². The van der Waals surface area contributed by atoms with E-state index < -0.39 is 0 Å². The van der Waals surface area contributed by atoms with E-state index in [9.17, 15) is 0 Å². The van der Waals surface area contributed by atoms with E-state index in [4.69, 9.17) is 4.74 Å². The summed E-state index contributed by atoms with van der Waals surface area (Å²) in [7, 11) is 0. The number of allylic oxidation sites excluding steroid dienone is 2. The molecule has 3 unspecified atom stereocenters. The van der Waals surface area contributed by atoms with E-state index in [2.05, 4.69) is 88.0 Å². The minimum absolute atomic E-state index is 0.300. The average molecular weight is 432 g/mol. The Kier molecular flexibility index (Phi) is 4.69. The van der Waals surface area contributed by atoms with Crippen molar-refractivity contribution < 1.29 is 4.74 Å². The normalized spacial score (nSPS) is 22.2. The Balaban J connectivity index is 1.37. The third-order valence-corrected chi connectivity index (χ3v) is 6.49. The van der Waals surface area contributed by atoms with Gasteiger partial charge in [0.05, 0.1) is 11.7 Å². The van der Waals surface area contributed by atoms with Crippen LogP contribution in [0, 0.1) is 5.92 Å². The molecule has 0 spiro atoms. The fraction of sp³-hybridized carbons (Fsp3) is 0.200. The standard InChI is InChI=1S/C25H22BrNO/c26-23-11-5-10-22-20-8-4-9-21(20)24(27-25(22)23)18-12-14-19(15-13-18)28-16-17-6-2-1-3-7-17/h1-8,10-15,20-21,24,27H,9,16H2. The highest BCUT2D eigenvalue weighted by Crippen LogP contribution is 2.51. The smallest absolute Gasteiger partial charge is 0.119 e. The molecule has 140 valence electrons. The van der Waals surface area contributed by atoms with Crippen molar-refractivity contribution in [1.82, 2.24) is 0 Å². The second-order valence-electron chi connectivity index (χ2n) is 7.52. The molecular formula is C25H22BrNO. The number of para-hydroxylation sites is 1. The number of ether oxygens (including phenoxy) is 1. The van der Waals surface area contributed by atoms with Gasteiger partial charge in [-0.25, -0.2) is 0 Å². The first kappa shape index (κ1) is 17.6. The minimum atomic E-state index is 0.300. The van der Waals surface area contributed by atoms with Crippen LogP contribution in [0.1, 0.15) is 35.1 Å². The van der Waals surface area contributed by atoms with Crippen LogP contribution in [-0.4, -0.2) is 0 Å². The first-order valence-electron chi connectivity index (χ1n) is 9.78. The summed E-state index contributed by atoms with van der Waals surface area (Å²) in [6.45, 7) is 0.594. The number of halogens is 1. The molecule has 28 heavy (non-hydrogen) atoms. The highest BCUT2D eigenvalue weighted by atomic mass is 79.9. The molecule has 3 aromatic rings. The monoisotopic (exact) mass is 431 g/mol. The topological polar surface area (TPSA) is 21.3 Å². The van der Waals surface area contributed by atoms with Crippen molar-refractivity contribution in [2.45, 2.75) is 25.0 Å². The van der Waals surface area contributed by atoms with Crippen molar-refractivity contribution >= 4 is 21.6 Å². The molecule has 0 amide bonds. The highest BCUT2D eigenvalue weighted by Gasteiger charge is 2.38. The van der Waals surface area contributed by atoms with Gasteiger partial charge in [0.25, 0.3) is 0 Å². The Labute approximate surface area is 174 Å². The molecule has 3 heteroatoms. The van der Waals surface area contributed by atoms with Crippen LogP contribution >= 0.6 is 15.9 Å². The van der Waals surface area contributed by atoms with Crippen LogP contribution in [0.3, 0.4) is 0 Å². The van der Waals surface area contributed by atoms with E-state index in [-0.39, 0.29) is 0 Å². The molecule has 0 bridgehead atoms. The van der Waals surface area contributed by atoms with Crippen LogP contribution in [-0.2, 0) is 6.61 Å². The van der Waals surface area contributed by atoms with Crippen LogP contribution in [0.25, 0.3) is 0 Å². The lowest BCUT2D eigenvalue weighted by atomic mass is 9.77. The Bertz CT molecular complexity index is 997. The van der Waals surface area contributed by atoms with Gasteiger partial charge in [-0.2, -0.15) is 0 Å². The van der Waals surface area contributed by atoms with Gasteiger partial charge in [-0.05, 0) is 63.2 Å². The van der Waals surface area contributed by atoms with Gasteiger partial charge in [0.15, 0.2) is 0 Å². The molecule has 0 fully saturated rings. The molecule has 0 saturated carbocycles. The number of rotatable bonds is 4. The lowest BCUT2D eigenvalue weighted by Crippen LogP contribution is -2.29. The van der Waals surface area contributed by atoms with Crippen LogP contribution in [0.2, 0.25) is 0 Å². The summed E-state index contributed by atoms with van der Waals surface area (Å²) in [5, 5.41) is 3.80. The largest absolute Gasteiger partial charge is 0.489 e. The van der Waals surface area contributed by atoms with E-state index >= 15 is 0 Å². The molecule has 3 aromatic carbocycles. The predicted octanol–water partition coefficient (Wildman–Crippen LogP) is 6.85. The van der Waals surface area contributed by atoms with Gasteiger partial charge in [0.2, 0.25) is 0 Å². The molecule has 0 radical (unpaired) electrons. The highest BCUT2D eigenvalue weighted by molar-refractivity contribution is 9.10. The van der Waals surface area contributed by atoms with Gasteiger partial charge in [-0.3, -0.25) is 0 Å². The lowest BCUT2D eigenvalue weighted by Gasteiger charge is -2.38. The van der Waals surface area contributed by atoms with Crippen molar-refractivity contribution in [1.29, 1.82) is 0 Å². The first-order valence-corrected chi connectivity index (χ1v) is 10.6. The van der Waals surface area contributed by atoms with Crippen molar-refractivity contribution in [2.24, 2.45) is 5.92 Å². The van der Waals surface area contributed by atoms with Crippen LogP contribution in [0.15, 0.2) is 89.4 Å². The van der Waals surface area contributed by atoms with E-state index in [0.717, 1.165) is 16.6 Å². The fourth-order valence-electron chi connectivity index (χ4n) is 4.43. The summed E-state index contributed by atoms with van der Waals surface area (Å²) >= 11 is 3.73. The van der Waals surface area contributed by atoms with Crippen LogP contribution in [0.5, 0.6) is 5.75 Å². The summed E-state index contributed by atoms with van der Waals surface area (Å²) < 4.78 is 7.09. The molecule has 1 heterocycles. The van der Waals surface area contributed by atoms with Crippen molar-refractivity contribution in [3.63, 3.8) is 0 Å². The number of hydrogen-bond acceptors (Lipinski definition) is 2. The summed E-state index contributed by atoms with van der Waals surface area (Å²) in [5.74, 6) is 1.94. The second kappa shape index (κ2) is 7.48. The zero-order valence-electron chi connectivity index (χ0n) is 15.5. The minimum Gasteiger partial charge on any atom is -0.489 e. The molecule has 2 aliphatic rings. The molecule has 1 aliphatic carbocycles. The Morgan fingerprint density at radius 2 is 1.75 bits per heavy atom. The maximum atomic E-state index is 5.96. The molecule has 0 saturated heterocycles. The van der Waals surface area contributed by atoms with Crippen molar-refractivity contribution in [3.05, 3.63) is 106 Å². The quantitative estimate of drug-likeness (QED) is 0.455. The maximum Gasteiger partial charge on any atom is 0.119 e. The zero-order valence-corrected chi connectivity index (χ0v) is 17.1. The fourth-order valence-corrected chi connectivity index (χ4v) is 4.92. The number of benzene rings is 3. The van der Waals surface area contributed by atoms with Gasteiger partial charge in [-0.1, -0.05) is 66.7 Å². The third-order valence-electron chi connectivity index (χ3n) is 5.83. The summed E-state index contributed by atoms with van der Waals surface area (Å²) in [6.07, 6.45) is 5.82. The summed E-state index contributed by atoms with van der Waals surface area (Å²) in [6, 6.07) is 25.7. The van der Waals surface area contributed by atoms with Crippen molar-refractivity contribution in [3.8, 4) is 5.75 Å². The predicted molar refractivity (Wildman–Crippen MR) is 118 cm³/mol. The van der Waals surface area contributed by atoms with E-state index in [1.165, 1.54) is 22.4 Å². The number of anilines is 1. The van der Waals surface area contributed by atoms with E-state index in [1.807, 2.05) is 18.2 Å². The molecule has 3 atom stereocenters. The molecule has 0 aromatic heterocycles. The van der Waals surface area contributed by atoms with E-state index in [0.29, 0.717) is 24.5 Å². The molecular weight excluding hydrogens is 410 g/mol. The third kappa shape index (κ3) is 3.24. The van der Waals surface area contributed by atoms with E-state index in [1.54, 1.807) is 0 Å². The van der Waals surface area contributed by atoms with Gasteiger partial charge in [-0.15, -0.1) is 0 Å². The Morgan fingerprint density at radius 3 is 2.57 bits per heavy atom. The second-order valence-corrected chi connectivity index (χ2v) is 8.38. The van der Waals surface area contributed by atoms with Gasteiger partial charge in [0.1, 0.15) is 12.4 Å². The van der Waals surface area contributed by atoms with Gasteiger partial charge >= 0.3 is 0 Å².